The summed E-state index contributed by atoms with van der Waals surface area (Å²) in [7, 11) is 0. The van der Waals surface area contributed by atoms with Crippen LogP contribution in [0.2, 0.25) is 0 Å². The Kier molecular flexibility index (Phi) is 5.10. The fourth-order valence-electron chi connectivity index (χ4n) is 2.77. The molecular weight excluding hydrogens is 379 g/mol. The summed E-state index contributed by atoms with van der Waals surface area (Å²) in [4.78, 5) is 16.9. The molecule has 2 aliphatic heterocycles. The minimum Gasteiger partial charge on any atom is -0.324 e. The van der Waals surface area contributed by atoms with Crippen LogP contribution in [0.25, 0.3) is 0 Å². The lowest BCUT2D eigenvalue weighted by Gasteiger charge is -2.43. The van der Waals surface area contributed by atoms with Crippen molar-refractivity contribution in [2.45, 2.75) is 6.04 Å². The monoisotopic (exact) mass is 400 g/mol. The normalized spacial score (nSPS) is 21.0. The Hall–Kier alpha value is -0.700. The van der Waals surface area contributed by atoms with Crippen LogP contribution in [0.4, 0.5) is 5.69 Å². The van der Waals surface area contributed by atoms with Crippen LogP contribution in [0.3, 0.4) is 0 Å². The number of para-hydroxylation sites is 1. The molecule has 5 nitrogen and oxygen atoms in total. The SMILES string of the molecule is O=C(CN1CCN(C2CNC2)CC1)Nc1ccccc1I. The minimum absolute atomic E-state index is 0.0814. The van der Waals surface area contributed by atoms with Crippen molar-refractivity contribution in [3.8, 4) is 0 Å². The topological polar surface area (TPSA) is 47.6 Å². The van der Waals surface area contributed by atoms with Crippen LogP contribution in [0, 0.1) is 3.57 Å². The third kappa shape index (κ3) is 3.94. The molecule has 1 aromatic carbocycles. The van der Waals surface area contributed by atoms with Gasteiger partial charge in [0.25, 0.3) is 0 Å². The average molecular weight is 400 g/mol. The van der Waals surface area contributed by atoms with Crippen molar-refractivity contribution in [2.24, 2.45) is 0 Å². The first-order valence-electron chi connectivity index (χ1n) is 7.44. The zero-order chi connectivity index (χ0) is 14.7. The Balaban J connectivity index is 1.44. The molecule has 3 rings (SSSR count). The summed E-state index contributed by atoms with van der Waals surface area (Å²) in [6.07, 6.45) is 0. The molecule has 0 aromatic heterocycles. The zero-order valence-corrected chi connectivity index (χ0v) is 14.2. The van der Waals surface area contributed by atoms with Crippen molar-refractivity contribution in [3.63, 3.8) is 0 Å². The summed E-state index contributed by atoms with van der Waals surface area (Å²) >= 11 is 2.24. The fourth-order valence-corrected chi connectivity index (χ4v) is 3.30. The first kappa shape index (κ1) is 15.2. The van der Waals surface area contributed by atoms with Crippen molar-refractivity contribution in [1.82, 2.24) is 15.1 Å². The van der Waals surface area contributed by atoms with Gasteiger partial charge >= 0.3 is 0 Å². The van der Waals surface area contributed by atoms with E-state index in [2.05, 4.69) is 43.0 Å². The predicted molar refractivity (Wildman–Crippen MR) is 92.5 cm³/mol. The molecule has 2 aliphatic rings. The van der Waals surface area contributed by atoms with Gasteiger partial charge in [-0.05, 0) is 34.7 Å². The van der Waals surface area contributed by atoms with Gasteiger partial charge < -0.3 is 10.6 Å². The van der Waals surface area contributed by atoms with Crippen molar-refractivity contribution in [1.29, 1.82) is 0 Å². The van der Waals surface area contributed by atoms with E-state index in [-0.39, 0.29) is 5.91 Å². The molecule has 2 saturated heterocycles. The van der Waals surface area contributed by atoms with Crippen LogP contribution < -0.4 is 10.6 Å². The van der Waals surface area contributed by atoms with Gasteiger partial charge in [0.2, 0.25) is 5.91 Å². The fraction of sp³-hybridized carbons (Fsp3) is 0.533. The molecule has 1 aromatic rings. The molecule has 0 aliphatic carbocycles. The van der Waals surface area contributed by atoms with Gasteiger partial charge in [-0.15, -0.1) is 0 Å². The van der Waals surface area contributed by atoms with Crippen LogP contribution in [0.1, 0.15) is 0 Å². The Morgan fingerprint density at radius 3 is 2.57 bits per heavy atom. The maximum absolute atomic E-state index is 12.1. The van der Waals surface area contributed by atoms with E-state index < -0.39 is 0 Å². The van der Waals surface area contributed by atoms with Gasteiger partial charge in [0, 0.05) is 48.9 Å². The first-order valence-corrected chi connectivity index (χ1v) is 8.52. The van der Waals surface area contributed by atoms with Crippen LogP contribution in [-0.4, -0.2) is 67.6 Å². The van der Waals surface area contributed by atoms with E-state index in [9.17, 15) is 4.79 Å². The number of amides is 1. The molecule has 2 fully saturated rings. The van der Waals surface area contributed by atoms with E-state index in [1.807, 2.05) is 24.3 Å². The van der Waals surface area contributed by atoms with Gasteiger partial charge in [0.1, 0.15) is 0 Å². The highest BCUT2D eigenvalue weighted by molar-refractivity contribution is 14.1. The zero-order valence-electron chi connectivity index (χ0n) is 12.0. The number of anilines is 1. The summed E-state index contributed by atoms with van der Waals surface area (Å²) in [5.41, 5.74) is 0.905. The van der Waals surface area contributed by atoms with E-state index in [1.54, 1.807) is 0 Å². The Bertz CT molecular complexity index is 498. The third-order valence-corrected chi connectivity index (χ3v) is 5.14. The molecule has 2 N–H and O–H groups in total. The van der Waals surface area contributed by atoms with Gasteiger partial charge in [0.15, 0.2) is 0 Å². The largest absolute Gasteiger partial charge is 0.324 e. The number of hydrogen-bond donors (Lipinski definition) is 2. The molecule has 0 bridgehead atoms. The molecule has 0 unspecified atom stereocenters. The molecule has 0 saturated carbocycles. The van der Waals surface area contributed by atoms with Gasteiger partial charge in [0.05, 0.1) is 12.2 Å². The number of piperazine rings is 1. The maximum Gasteiger partial charge on any atom is 0.238 e. The molecule has 114 valence electrons. The highest BCUT2D eigenvalue weighted by atomic mass is 127. The summed E-state index contributed by atoms with van der Waals surface area (Å²) in [5, 5.41) is 6.32. The van der Waals surface area contributed by atoms with Crippen molar-refractivity contribution in [3.05, 3.63) is 27.8 Å². The van der Waals surface area contributed by atoms with Gasteiger partial charge in [-0.25, -0.2) is 0 Å². The molecule has 0 radical (unpaired) electrons. The highest BCUT2D eigenvalue weighted by Crippen LogP contribution is 2.17. The second kappa shape index (κ2) is 7.04. The van der Waals surface area contributed by atoms with Gasteiger partial charge in [-0.3, -0.25) is 14.6 Å². The summed E-state index contributed by atoms with van der Waals surface area (Å²) in [5.74, 6) is 0.0814. The summed E-state index contributed by atoms with van der Waals surface area (Å²) < 4.78 is 1.07. The van der Waals surface area contributed by atoms with E-state index in [0.717, 1.165) is 48.5 Å². The minimum atomic E-state index is 0.0814. The lowest BCUT2D eigenvalue weighted by Crippen LogP contribution is -2.61. The molecular formula is C15H21IN4O. The molecule has 0 spiro atoms. The number of carbonyl (C=O) groups is 1. The molecule has 6 heteroatoms. The predicted octanol–water partition coefficient (Wildman–Crippen LogP) is 0.819. The lowest BCUT2D eigenvalue weighted by atomic mass is 10.1. The smallest absolute Gasteiger partial charge is 0.238 e. The average Bonchev–Trinajstić information content (AvgIpc) is 2.42. The van der Waals surface area contributed by atoms with Gasteiger partial charge in [-0.2, -0.15) is 0 Å². The number of rotatable bonds is 4. The van der Waals surface area contributed by atoms with Crippen molar-refractivity contribution in [2.75, 3.05) is 51.1 Å². The van der Waals surface area contributed by atoms with Crippen LogP contribution in [0.5, 0.6) is 0 Å². The highest BCUT2D eigenvalue weighted by Gasteiger charge is 2.28. The summed E-state index contributed by atoms with van der Waals surface area (Å²) in [6, 6.07) is 8.59. The number of halogens is 1. The Labute approximate surface area is 139 Å². The standard InChI is InChI=1S/C15H21IN4O/c16-13-3-1-2-4-14(13)18-15(21)11-19-5-7-20(8-6-19)12-9-17-10-12/h1-4,12,17H,5-11H2,(H,18,21). The first-order chi connectivity index (χ1) is 10.2. The molecule has 2 heterocycles. The number of nitrogens with one attached hydrogen (secondary N) is 2. The van der Waals surface area contributed by atoms with E-state index in [0.29, 0.717) is 12.6 Å². The van der Waals surface area contributed by atoms with Gasteiger partial charge in [-0.1, -0.05) is 12.1 Å². The van der Waals surface area contributed by atoms with E-state index >= 15 is 0 Å². The van der Waals surface area contributed by atoms with Crippen LogP contribution in [0.15, 0.2) is 24.3 Å². The maximum atomic E-state index is 12.1. The Morgan fingerprint density at radius 1 is 1.24 bits per heavy atom. The number of hydrogen-bond acceptors (Lipinski definition) is 4. The number of carbonyl (C=O) groups excluding carboxylic acids is 1. The Morgan fingerprint density at radius 2 is 1.95 bits per heavy atom. The quantitative estimate of drug-likeness (QED) is 0.735. The molecule has 0 atom stereocenters. The number of benzene rings is 1. The summed E-state index contributed by atoms with van der Waals surface area (Å²) in [6.45, 7) is 6.83. The second-order valence-corrected chi connectivity index (χ2v) is 6.81. The lowest BCUT2D eigenvalue weighted by molar-refractivity contribution is -0.117. The van der Waals surface area contributed by atoms with Crippen molar-refractivity contribution < 1.29 is 4.79 Å². The van der Waals surface area contributed by atoms with Crippen LogP contribution in [-0.2, 0) is 4.79 Å². The third-order valence-electron chi connectivity index (χ3n) is 4.20. The van der Waals surface area contributed by atoms with Crippen molar-refractivity contribution >= 4 is 34.2 Å². The van der Waals surface area contributed by atoms with Crippen LogP contribution >= 0.6 is 22.6 Å². The van der Waals surface area contributed by atoms with E-state index in [4.69, 9.17) is 0 Å². The number of nitrogens with zero attached hydrogens (tertiary/aromatic N) is 2. The molecule has 21 heavy (non-hydrogen) atoms. The van der Waals surface area contributed by atoms with E-state index in [1.165, 1.54) is 0 Å². The molecule has 1 amide bonds. The second-order valence-electron chi connectivity index (χ2n) is 5.65.